The lowest BCUT2D eigenvalue weighted by Crippen LogP contribution is -2.14. The van der Waals surface area contributed by atoms with Crippen LogP contribution in [-0.4, -0.2) is 22.3 Å². The van der Waals surface area contributed by atoms with Crippen molar-refractivity contribution in [2.24, 2.45) is 0 Å². The van der Waals surface area contributed by atoms with Crippen LogP contribution in [0.15, 0.2) is 48.7 Å². The molecule has 3 rings (SSSR count). The lowest BCUT2D eigenvalue weighted by Gasteiger charge is -2.06. The minimum absolute atomic E-state index is 0.0993. The second-order valence-corrected chi connectivity index (χ2v) is 6.09. The van der Waals surface area contributed by atoms with Gasteiger partial charge in [-0.25, -0.2) is 9.07 Å². The summed E-state index contributed by atoms with van der Waals surface area (Å²) in [5.41, 5.74) is 1.17. The van der Waals surface area contributed by atoms with Crippen molar-refractivity contribution >= 4 is 34.8 Å². The summed E-state index contributed by atoms with van der Waals surface area (Å²) in [6, 6.07) is 10.5. The van der Waals surface area contributed by atoms with Crippen molar-refractivity contribution in [3.8, 4) is 11.4 Å². The number of ether oxygens (including phenoxy) is 1. The number of amides is 1. The minimum Gasteiger partial charge on any atom is -0.490 e. The Kier molecular flexibility index (Phi) is 5.44. The van der Waals surface area contributed by atoms with Gasteiger partial charge < -0.3 is 10.1 Å². The van der Waals surface area contributed by atoms with Gasteiger partial charge in [-0.2, -0.15) is 5.10 Å². The second-order valence-electron chi connectivity index (χ2n) is 5.28. The molecule has 0 atom stereocenters. The molecule has 8 heteroatoms. The summed E-state index contributed by atoms with van der Waals surface area (Å²) in [6.45, 7) is 2.16. The molecule has 0 radical (unpaired) electrons. The van der Waals surface area contributed by atoms with E-state index in [1.165, 1.54) is 16.8 Å². The number of hydrogen-bond acceptors (Lipinski definition) is 3. The van der Waals surface area contributed by atoms with E-state index >= 15 is 0 Å². The first kappa shape index (κ1) is 18.2. The highest BCUT2D eigenvalue weighted by atomic mass is 35.5. The molecule has 0 spiro atoms. The van der Waals surface area contributed by atoms with E-state index in [1.807, 2.05) is 0 Å². The number of carbonyl (C=O) groups is 1. The molecule has 0 fully saturated rings. The molecule has 0 unspecified atom stereocenters. The van der Waals surface area contributed by atoms with Gasteiger partial charge in [0.05, 0.1) is 28.5 Å². The molecule has 26 heavy (non-hydrogen) atoms. The Hall–Kier alpha value is -2.57. The van der Waals surface area contributed by atoms with Gasteiger partial charge in [-0.05, 0) is 49.4 Å². The van der Waals surface area contributed by atoms with Gasteiger partial charge in [0.1, 0.15) is 5.82 Å². The van der Waals surface area contributed by atoms with Crippen molar-refractivity contribution in [2.45, 2.75) is 6.92 Å². The third-order valence-electron chi connectivity index (χ3n) is 3.46. The van der Waals surface area contributed by atoms with Crippen molar-refractivity contribution in [3.05, 3.63) is 70.2 Å². The maximum Gasteiger partial charge on any atom is 0.280 e. The van der Waals surface area contributed by atoms with Crippen LogP contribution in [0.25, 0.3) is 5.69 Å². The molecule has 0 aliphatic rings. The Balaban J connectivity index is 1.90. The normalized spacial score (nSPS) is 10.6. The molecule has 5 nitrogen and oxygen atoms in total. The van der Waals surface area contributed by atoms with Gasteiger partial charge in [0.2, 0.25) is 0 Å². The fourth-order valence-corrected chi connectivity index (χ4v) is 2.56. The van der Waals surface area contributed by atoms with E-state index < -0.39 is 5.91 Å². The van der Waals surface area contributed by atoms with E-state index in [9.17, 15) is 9.18 Å². The fraction of sp³-hybridized carbons (Fsp3) is 0.111. The fourth-order valence-electron chi connectivity index (χ4n) is 2.27. The van der Waals surface area contributed by atoms with Gasteiger partial charge >= 0.3 is 0 Å². The number of anilines is 1. The zero-order valence-electron chi connectivity index (χ0n) is 13.7. The Morgan fingerprint density at radius 3 is 2.58 bits per heavy atom. The number of halogens is 3. The first-order chi connectivity index (χ1) is 12.5. The van der Waals surface area contributed by atoms with Crippen LogP contribution in [-0.2, 0) is 0 Å². The largest absolute Gasteiger partial charge is 0.490 e. The van der Waals surface area contributed by atoms with Gasteiger partial charge in [0.15, 0.2) is 11.4 Å². The summed E-state index contributed by atoms with van der Waals surface area (Å²) in [7, 11) is 0. The third-order valence-corrected chi connectivity index (χ3v) is 4.20. The van der Waals surface area contributed by atoms with E-state index in [0.29, 0.717) is 33.8 Å². The van der Waals surface area contributed by atoms with Gasteiger partial charge in [-0.3, -0.25) is 4.79 Å². The molecule has 2 aromatic carbocycles. The quantitative estimate of drug-likeness (QED) is 0.665. The Labute approximate surface area is 159 Å². The van der Waals surface area contributed by atoms with E-state index in [4.69, 9.17) is 27.9 Å². The number of benzene rings is 2. The average Bonchev–Trinajstić information content (AvgIpc) is 3.03. The summed E-state index contributed by atoms with van der Waals surface area (Å²) >= 11 is 11.8. The van der Waals surface area contributed by atoms with Crippen molar-refractivity contribution in [1.29, 1.82) is 0 Å². The first-order valence-corrected chi connectivity index (χ1v) is 8.48. The molecule has 1 heterocycles. The zero-order chi connectivity index (χ0) is 18.7. The Morgan fingerprint density at radius 1 is 1.19 bits per heavy atom. The molecule has 0 bridgehead atoms. The highest BCUT2D eigenvalue weighted by molar-refractivity contribution is 6.42. The summed E-state index contributed by atoms with van der Waals surface area (Å²) in [4.78, 5) is 12.6. The SMILES string of the molecule is CCOc1cn(-c2ccc(F)cc2)nc1C(=O)Nc1ccc(Cl)c(Cl)c1. The monoisotopic (exact) mass is 393 g/mol. The molecular weight excluding hydrogens is 380 g/mol. The van der Waals surface area contributed by atoms with Crippen LogP contribution in [0, 0.1) is 5.82 Å². The van der Waals surface area contributed by atoms with E-state index in [0.717, 1.165) is 0 Å². The van der Waals surface area contributed by atoms with E-state index in [1.54, 1.807) is 43.5 Å². The van der Waals surface area contributed by atoms with Crippen LogP contribution < -0.4 is 10.1 Å². The molecule has 0 aliphatic heterocycles. The lowest BCUT2D eigenvalue weighted by atomic mass is 10.3. The van der Waals surface area contributed by atoms with Crippen LogP contribution in [0.3, 0.4) is 0 Å². The zero-order valence-corrected chi connectivity index (χ0v) is 15.2. The number of nitrogens with zero attached hydrogens (tertiary/aromatic N) is 2. The molecule has 0 saturated carbocycles. The van der Waals surface area contributed by atoms with Gasteiger partial charge in [-0.15, -0.1) is 0 Å². The lowest BCUT2D eigenvalue weighted by molar-refractivity contribution is 0.101. The predicted molar refractivity (Wildman–Crippen MR) is 99.1 cm³/mol. The standard InChI is InChI=1S/C18H14Cl2FN3O2/c1-2-26-16-10-24(13-6-3-11(21)4-7-13)23-17(16)18(25)22-12-5-8-14(19)15(20)9-12/h3-10H,2H2,1H3,(H,22,25). The van der Waals surface area contributed by atoms with E-state index in [-0.39, 0.29) is 11.5 Å². The molecule has 134 valence electrons. The Morgan fingerprint density at radius 2 is 1.92 bits per heavy atom. The van der Waals surface area contributed by atoms with Gasteiger partial charge in [0.25, 0.3) is 5.91 Å². The average molecular weight is 394 g/mol. The van der Waals surface area contributed by atoms with Crippen molar-refractivity contribution in [2.75, 3.05) is 11.9 Å². The highest BCUT2D eigenvalue weighted by Crippen LogP contribution is 2.26. The Bertz CT molecular complexity index is 942. The van der Waals surface area contributed by atoms with Crippen molar-refractivity contribution < 1.29 is 13.9 Å². The summed E-state index contributed by atoms with van der Waals surface area (Å²) < 4.78 is 20.1. The van der Waals surface area contributed by atoms with Crippen LogP contribution in [0.2, 0.25) is 10.0 Å². The number of aromatic nitrogens is 2. The molecule has 1 N–H and O–H groups in total. The van der Waals surface area contributed by atoms with Gasteiger partial charge in [-0.1, -0.05) is 23.2 Å². The summed E-state index contributed by atoms with van der Waals surface area (Å²) in [5, 5.41) is 7.68. The molecule has 0 saturated heterocycles. The van der Waals surface area contributed by atoms with Crippen LogP contribution in [0.4, 0.5) is 10.1 Å². The molecular formula is C18H14Cl2FN3O2. The number of carbonyl (C=O) groups excluding carboxylic acids is 1. The summed E-state index contributed by atoms with van der Waals surface area (Å²) in [6.07, 6.45) is 1.57. The maximum atomic E-state index is 13.1. The van der Waals surface area contributed by atoms with E-state index in [2.05, 4.69) is 10.4 Å². The maximum absolute atomic E-state index is 13.1. The summed E-state index contributed by atoms with van der Waals surface area (Å²) in [5.74, 6) is -0.509. The second kappa shape index (κ2) is 7.76. The highest BCUT2D eigenvalue weighted by Gasteiger charge is 2.19. The predicted octanol–water partition coefficient (Wildman–Crippen LogP) is 4.97. The van der Waals surface area contributed by atoms with Crippen molar-refractivity contribution in [1.82, 2.24) is 9.78 Å². The number of rotatable bonds is 5. The molecule has 3 aromatic rings. The van der Waals surface area contributed by atoms with Crippen LogP contribution in [0.5, 0.6) is 5.75 Å². The van der Waals surface area contributed by atoms with Crippen LogP contribution >= 0.6 is 23.2 Å². The number of hydrogen-bond donors (Lipinski definition) is 1. The van der Waals surface area contributed by atoms with Crippen LogP contribution in [0.1, 0.15) is 17.4 Å². The van der Waals surface area contributed by atoms with Gasteiger partial charge in [0, 0.05) is 5.69 Å². The number of nitrogens with one attached hydrogen (secondary N) is 1. The topological polar surface area (TPSA) is 56.2 Å². The molecule has 1 amide bonds. The van der Waals surface area contributed by atoms with Crippen molar-refractivity contribution in [3.63, 3.8) is 0 Å². The molecule has 0 aliphatic carbocycles. The molecule has 1 aromatic heterocycles. The first-order valence-electron chi connectivity index (χ1n) is 7.72. The minimum atomic E-state index is -0.465. The smallest absolute Gasteiger partial charge is 0.280 e. The third kappa shape index (κ3) is 3.98.